The molecule has 4 aromatic rings. The van der Waals surface area contributed by atoms with Crippen LogP contribution in [0.3, 0.4) is 0 Å². The Morgan fingerprint density at radius 1 is 0.875 bits per heavy atom. The van der Waals surface area contributed by atoms with Gasteiger partial charge in [-0.05, 0) is 29.7 Å². The van der Waals surface area contributed by atoms with Gasteiger partial charge in [0.2, 0.25) is 0 Å². The zero-order valence-corrected chi connectivity index (χ0v) is 17.4. The van der Waals surface area contributed by atoms with Crippen LogP contribution in [-0.4, -0.2) is 26.2 Å². The fraction of sp³-hybridized carbons (Fsp3) is 0.120. The summed E-state index contributed by atoms with van der Waals surface area (Å²) in [5.41, 5.74) is 1.39. The average Bonchev–Trinajstić information content (AvgIpc) is 3.07. The van der Waals surface area contributed by atoms with Crippen molar-refractivity contribution in [3.63, 3.8) is 0 Å². The molecule has 3 heterocycles. The van der Waals surface area contributed by atoms with Gasteiger partial charge in [-0.1, -0.05) is 66.7 Å². The zero-order chi connectivity index (χ0) is 22.3. The highest BCUT2D eigenvalue weighted by atomic mass is 16.2. The summed E-state index contributed by atoms with van der Waals surface area (Å²) in [7, 11) is 0. The molecule has 5 rings (SSSR count). The summed E-state index contributed by atoms with van der Waals surface area (Å²) in [4.78, 5) is 45.1. The first kappa shape index (κ1) is 19.7. The van der Waals surface area contributed by atoms with E-state index in [-0.39, 0.29) is 12.1 Å². The van der Waals surface area contributed by atoms with Crippen molar-refractivity contribution in [1.29, 1.82) is 0 Å². The van der Waals surface area contributed by atoms with Crippen LogP contribution in [0.4, 0.5) is 4.79 Å². The molecule has 1 aliphatic rings. The van der Waals surface area contributed by atoms with E-state index in [1.807, 2.05) is 73.7 Å². The monoisotopic (exact) mass is 424 g/mol. The highest BCUT2D eigenvalue weighted by Crippen LogP contribution is 2.36. The molecule has 32 heavy (non-hydrogen) atoms. The summed E-state index contributed by atoms with van der Waals surface area (Å²) in [6.45, 7) is 1.75. The number of hydrogen-bond donors (Lipinski definition) is 1. The molecule has 0 unspecified atom stereocenters. The van der Waals surface area contributed by atoms with E-state index in [1.54, 1.807) is 12.3 Å². The number of rotatable bonds is 4. The normalized spacial score (nSPS) is 15.2. The third-order valence-electron chi connectivity index (χ3n) is 5.78. The molecule has 0 radical (unpaired) electrons. The van der Waals surface area contributed by atoms with E-state index in [2.05, 4.69) is 10.3 Å². The molecule has 2 aromatic heterocycles. The van der Waals surface area contributed by atoms with Crippen LogP contribution in [0.25, 0.3) is 5.65 Å². The van der Waals surface area contributed by atoms with Gasteiger partial charge in [-0.2, -0.15) is 0 Å². The van der Waals surface area contributed by atoms with Crippen molar-refractivity contribution >= 4 is 17.6 Å². The number of urea groups is 1. The largest absolute Gasteiger partial charge is 0.325 e. The van der Waals surface area contributed by atoms with Gasteiger partial charge in [-0.3, -0.25) is 18.9 Å². The number of aryl methyl sites for hydroxylation is 1. The van der Waals surface area contributed by atoms with Crippen molar-refractivity contribution < 1.29 is 9.59 Å². The molecule has 7 heteroatoms. The predicted octanol–water partition coefficient (Wildman–Crippen LogP) is 3.00. The van der Waals surface area contributed by atoms with Gasteiger partial charge in [-0.25, -0.2) is 9.78 Å². The molecule has 3 amide bonds. The number of imide groups is 1. The summed E-state index contributed by atoms with van der Waals surface area (Å²) in [5, 5.41) is 2.91. The van der Waals surface area contributed by atoms with Crippen LogP contribution in [0.2, 0.25) is 0 Å². The molecule has 0 bridgehead atoms. The molecular formula is C25H20N4O3. The molecule has 0 aliphatic carbocycles. The number of pyridine rings is 1. The van der Waals surface area contributed by atoms with Gasteiger partial charge in [0.15, 0.2) is 5.54 Å². The molecule has 0 spiro atoms. The fourth-order valence-corrected chi connectivity index (χ4v) is 4.21. The van der Waals surface area contributed by atoms with Crippen molar-refractivity contribution in [3.8, 4) is 0 Å². The lowest BCUT2D eigenvalue weighted by molar-refractivity contribution is -0.130. The van der Waals surface area contributed by atoms with E-state index in [4.69, 9.17) is 0 Å². The van der Waals surface area contributed by atoms with Crippen LogP contribution in [0.5, 0.6) is 0 Å². The van der Waals surface area contributed by atoms with Gasteiger partial charge in [0.25, 0.3) is 11.5 Å². The number of aromatic nitrogens is 2. The fourth-order valence-electron chi connectivity index (χ4n) is 4.21. The van der Waals surface area contributed by atoms with Gasteiger partial charge >= 0.3 is 6.03 Å². The second kappa shape index (κ2) is 7.46. The van der Waals surface area contributed by atoms with E-state index >= 15 is 0 Å². The minimum absolute atomic E-state index is 0.105. The first-order chi connectivity index (χ1) is 15.5. The standard InChI is InChI=1S/C25H20N4O3/c1-17-9-8-14-28-21(30)15-20(26-22(17)28)16-29-23(31)25(27-24(29)32,18-10-4-2-5-11-18)19-12-6-3-7-13-19/h2-15H,16H2,1H3,(H,27,32). The molecule has 1 N–H and O–H groups in total. The van der Waals surface area contributed by atoms with Crippen molar-refractivity contribution in [3.05, 3.63) is 118 Å². The van der Waals surface area contributed by atoms with Crippen LogP contribution in [0.15, 0.2) is 89.9 Å². The second-order valence-corrected chi connectivity index (χ2v) is 7.77. The van der Waals surface area contributed by atoms with E-state index in [0.717, 1.165) is 10.5 Å². The minimum atomic E-state index is -1.35. The molecule has 1 aliphatic heterocycles. The first-order valence-corrected chi connectivity index (χ1v) is 10.2. The van der Waals surface area contributed by atoms with Crippen molar-refractivity contribution in [2.24, 2.45) is 0 Å². The maximum absolute atomic E-state index is 13.8. The second-order valence-electron chi connectivity index (χ2n) is 7.77. The van der Waals surface area contributed by atoms with Crippen molar-refractivity contribution in [2.45, 2.75) is 19.0 Å². The average molecular weight is 424 g/mol. The van der Waals surface area contributed by atoms with Crippen molar-refractivity contribution in [2.75, 3.05) is 0 Å². The zero-order valence-electron chi connectivity index (χ0n) is 17.4. The van der Waals surface area contributed by atoms with Crippen LogP contribution < -0.4 is 10.9 Å². The van der Waals surface area contributed by atoms with Crippen LogP contribution >= 0.6 is 0 Å². The molecule has 1 fully saturated rings. The molecule has 0 saturated carbocycles. The number of amides is 3. The third kappa shape index (κ3) is 2.98. The lowest BCUT2D eigenvalue weighted by Gasteiger charge is -2.28. The van der Waals surface area contributed by atoms with Gasteiger partial charge in [0.1, 0.15) is 5.65 Å². The molecular weight excluding hydrogens is 404 g/mol. The van der Waals surface area contributed by atoms with Gasteiger partial charge in [0, 0.05) is 12.3 Å². The highest BCUT2D eigenvalue weighted by Gasteiger charge is 2.53. The Morgan fingerprint density at radius 3 is 2.12 bits per heavy atom. The SMILES string of the molecule is Cc1cccn2c(=O)cc(CN3C(=O)NC(c4ccccc4)(c4ccccc4)C3=O)nc12. The number of hydrogen-bond acceptors (Lipinski definition) is 4. The van der Waals surface area contributed by atoms with E-state index in [1.165, 1.54) is 10.5 Å². The lowest BCUT2D eigenvalue weighted by atomic mass is 9.82. The summed E-state index contributed by atoms with van der Waals surface area (Å²) in [6, 6.07) is 22.8. The predicted molar refractivity (Wildman–Crippen MR) is 119 cm³/mol. The van der Waals surface area contributed by atoms with Crippen LogP contribution in [0, 0.1) is 6.92 Å². The van der Waals surface area contributed by atoms with E-state index < -0.39 is 17.5 Å². The van der Waals surface area contributed by atoms with E-state index in [9.17, 15) is 14.4 Å². The topological polar surface area (TPSA) is 83.8 Å². The number of carbonyl (C=O) groups excluding carboxylic acids is 2. The Hall–Kier alpha value is -4.26. The number of nitrogens with one attached hydrogen (secondary N) is 1. The molecule has 158 valence electrons. The summed E-state index contributed by atoms with van der Waals surface area (Å²) < 4.78 is 1.45. The Balaban J connectivity index is 1.60. The Kier molecular flexibility index (Phi) is 4.59. The third-order valence-corrected chi connectivity index (χ3v) is 5.78. The van der Waals surface area contributed by atoms with Gasteiger partial charge in [-0.15, -0.1) is 0 Å². The minimum Gasteiger partial charge on any atom is -0.315 e. The number of benzene rings is 2. The maximum atomic E-state index is 13.8. The van der Waals surface area contributed by atoms with Crippen LogP contribution in [0.1, 0.15) is 22.4 Å². The summed E-state index contributed by atoms with van der Waals surface area (Å²) in [5.74, 6) is -0.410. The van der Waals surface area contributed by atoms with Gasteiger partial charge < -0.3 is 5.32 Å². The molecule has 0 atom stereocenters. The quantitative estimate of drug-likeness (QED) is 0.511. The Labute approximate surface area is 184 Å². The number of fused-ring (bicyclic) bond motifs is 1. The number of nitrogens with zero attached hydrogens (tertiary/aromatic N) is 3. The smallest absolute Gasteiger partial charge is 0.315 e. The summed E-state index contributed by atoms with van der Waals surface area (Å²) in [6.07, 6.45) is 1.64. The first-order valence-electron chi connectivity index (χ1n) is 10.2. The molecule has 7 nitrogen and oxygen atoms in total. The Morgan fingerprint density at radius 2 is 1.50 bits per heavy atom. The molecule has 2 aromatic carbocycles. The highest BCUT2D eigenvalue weighted by molar-refractivity contribution is 6.09. The summed E-state index contributed by atoms with van der Waals surface area (Å²) >= 11 is 0. The van der Waals surface area contributed by atoms with Gasteiger partial charge in [0.05, 0.1) is 12.2 Å². The lowest BCUT2D eigenvalue weighted by Crippen LogP contribution is -2.45. The van der Waals surface area contributed by atoms with E-state index in [0.29, 0.717) is 22.5 Å². The molecule has 1 saturated heterocycles. The van der Waals surface area contributed by atoms with Crippen molar-refractivity contribution in [1.82, 2.24) is 19.6 Å². The Bertz CT molecular complexity index is 1360. The maximum Gasteiger partial charge on any atom is 0.325 e. The number of carbonyl (C=O) groups is 2. The van der Waals surface area contributed by atoms with Crippen LogP contribution in [-0.2, 0) is 16.9 Å².